The quantitative estimate of drug-likeness (QED) is 0.715. The van der Waals surface area contributed by atoms with E-state index in [-0.39, 0.29) is 17.5 Å². The predicted molar refractivity (Wildman–Crippen MR) is 114 cm³/mol. The highest BCUT2D eigenvalue weighted by molar-refractivity contribution is 6.35. The number of likely N-dealkylation sites (tertiary alicyclic amines) is 1. The Morgan fingerprint density at radius 3 is 2.22 bits per heavy atom. The van der Waals surface area contributed by atoms with Gasteiger partial charge in [0.1, 0.15) is 0 Å². The lowest BCUT2D eigenvalue weighted by molar-refractivity contribution is 0.0812. The minimum Gasteiger partial charge on any atom is -0.349 e. The number of nitrogens with zero attached hydrogens (tertiary/aromatic N) is 1. The number of piperidine rings is 1. The van der Waals surface area contributed by atoms with E-state index in [2.05, 4.69) is 31.0 Å². The molecule has 0 radical (unpaired) electrons. The first-order valence-electron chi connectivity index (χ1n) is 9.35. The second kappa shape index (κ2) is 8.22. The van der Waals surface area contributed by atoms with Gasteiger partial charge in [-0.25, -0.2) is 0 Å². The zero-order chi connectivity index (χ0) is 19.6. The molecule has 1 fully saturated rings. The van der Waals surface area contributed by atoms with Crippen LogP contribution in [0.15, 0.2) is 42.5 Å². The average molecular weight is 405 g/mol. The van der Waals surface area contributed by atoms with E-state index in [0.717, 1.165) is 37.1 Å². The normalized spacial score (nSPS) is 16.3. The Morgan fingerprint density at radius 1 is 1.00 bits per heavy atom. The first kappa shape index (κ1) is 20.2. The maximum absolute atomic E-state index is 12.7. The third kappa shape index (κ3) is 5.25. The highest BCUT2D eigenvalue weighted by atomic mass is 35.5. The van der Waals surface area contributed by atoms with Gasteiger partial charge in [-0.3, -0.25) is 9.69 Å². The minimum atomic E-state index is -0.0285. The smallest absolute Gasteiger partial charge is 0.251 e. The molecule has 144 valence electrons. The summed E-state index contributed by atoms with van der Waals surface area (Å²) < 4.78 is 0. The Labute approximate surface area is 171 Å². The third-order valence-electron chi connectivity index (χ3n) is 5.10. The molecule has 1 aliphatic heterocycles. The minimum absolute atomic E-state index is 0.0285. The number of benzene rings is 2. The molecule has 2 aromatic rings. The van der Waals surface area contributed by atoms with Crippen LogP contribution >= 0.6 is 23.2 Å². The van der Waals surface area contributed by atoms with Gasteiger partial charge >= 0.3 is 0 Å². The lowest BCUT2D eigenvalue weighted by Gasteiger charge is -2.41. The molecule has 3 rings (SSSR count). The van der Waals surface area contributed by atoms with Gasteiger partial charge in [-0.2, -0.15) is 0 Å². The zero-order valence-electron chi connectivity index (χ0n) is 16.1. The van der Waals surface area contributed by atoms with Gasteiger partial charge in [-0.15, -0.1) is 0 Å². The predicted octanol–water partition coefficient (Wildman–Crippen LogP) is 5.65. The van der Waals surface area contributed by atoms with Gasteiger partial charge < -0.3 is 5.32 Å². The van der Waals surface area contributed by atoms with Crippen molar-refractivity contribution >= 4 is 29.1 Å². The summed E-state index contributed by atoms with van der Waals surface area (Å²) in [6.07, 6.45) is 1.96. The second-order valence-corrected chi connectivity index (χ2v) is 9.02. The van der Waals surface area contributed by atoms with Crippen LogP contribution in [-0.2, 0) is 0 Å². The summed E-state index contributed by atoms with van der Waals surface area (Å²) >= 11 is 12.2. The van der Waals surface area contributed by atoms with Crippen LogP contribution in [0.25, 0.3) is 11.1 Å². The number of hydrogen-bond donors (Lipinski definition) is 1. The van der Waals surface area contributed by atoms with Crippen molar-refractivity contribution in [2.24, 2.45) is 0 Å². The molecule has 1 amide bonds. The van der Waals surface area contributed by atoms with Gasteiger partial charge in [0.2, 0.25) is 0 Å². The van der Waals surface area contributed by atoms with Crippen molar-refractivity contribution in [1.82, 2.24) is 10.2 Å². The molecule has 0 bridgehead atoms. The summed E-state index contributed by atoms with van der Waals surface area (Å²) in [5.41, 5.74) is 2.67. The molecule has 3 nitrogen and oxygen atoms in total. The van der Waals surface area contributed by atoms with Crippen molar-refractivity contribution in [3.63, 3.8) is 0 Å². The van der Waals surface area contributed by atoms with Crippen molar-refractivity contribution in [2.45, 2.75) is 45.2 Å². The Morgan fingerprint density at radius 2 is 1.63 bits per heavy atom. The number of carbonyl (C=O) groups excluding carboxylic acids is 1. The average Bonchev–Trinajstić information content (AvgIpc) is 2.61. The molecule has 0 aromatic heterocycles. The topological polar surface area (TPSA) is 32.3 Å². The zero-order valence-corrected chi connectivity index (χ0v) is 17.6. The molecule has 0 saturated carbocycles. The lowest BCUT2D eigenvalue weighted by atomic mass is 9.97. The van der Waals surface area contributed by atoms with Crippen LogP contribution in [0.4, 0.5) is 0 Å². The van der Waals surface area contributed by atoms with E-state index in [9.17, 15) is 4.79 Å². The number of hydrogen-bond acceptors (Lipinski definition) is 2. The maximum atomic E-state index is 12.7. The van der Waals surface area contributed by atoms with E-state index in [4.69, 9.17) is 23.2 Å². The van der Waals surface area contributed by atoms with Crippen molar-refractivity contribution in [1.29, 1.82) is 0 Å². The molecule has 1 N–H and O–H groups in total. The lowest BCUT2D eigenvalue weighted by Crippen LogP contribution is -2.50. The SMILES string of the molecule is CC(C)(C)N1CCC(NC(=O)c2cccc(-c3cc(Cl)cc(Cl)c3)c2)CC1. The van der Waals surface area contributed by atoms with Crippen molar-refractivity contribution < 1.29 is 4.79 Å². The molecule has 1 aliphatic rings. The Balaban J connectivity index is 1.68. The van der Waals surface area contributed by atoms with Crippen LogP contribution in [0.2, 0.25) is 10.0 Å². The molecule has 2 aromatic carbocycles. The molecule has 0 atom stereocenters. The standard InChI is InChI=1S/C22H26Cl2N2O/c1-22(2,3)26-9-7-20(8-10-26)25-21(27)16-6-4-5-15(11-16)17-12-18(23)14-19(24)13-17/h4-6,11-14,20H,7-10H2,1-3H3,(H,25,27). The van der Waals surface area contributed by atoms with Crippen LogP contribution < -0.4 is 5.32 Å². The number of rotatable bonds is 3. The largest absolute Gasteiger partial charge is 0.349 e. The summed E-state index contributed by atoms with van der Waals surface area (Å²) in [4.78, 5) is 15.2. The van der Waals surface area contributed by atoms with Gasteiger partial charge in [-0.05, 0) is 75.1 Å². The van der Waals surface area contributed by atoms with E-state index in [1.807, 2.05) is 36.4 Å². The van der Waals surface area contributed by atoms with Crippen molar-refractivity contribution in [2.75, 3.05) is 13.1 Å². The summed E-state index contributed by atoms with van der Waals surface area (Å²) in [7, 11) is 0. The number of amides is 1. The Hall–Kier alpha value is -1.55. The summed E-state index contributed by atoms with van der Waals surface area (Å²) in [6.45, 7) is 8.73. The van der Waals surface area contributed by atoms with Crippen LogP contribution in [0.3, 0.4) is 0 Å². The molecule has 0 aliphatic carbocycles. The molecule has 1 saturated heterocycles. The van der Waals surface area contributed by atoms with Crippen molar-refractivity contribution in [3.05, 3.63) is 58.1 Å². The fraction of sp³-hybridized carbons (Fsp3) is 0.409. The molecular formula is C22H26Cl2N2O. The fourth-order valence-electron chi connectivity index (χ4n) is 3.52. The van der Waals surface area contributed by atoms with E-state index < -0.39 is 0 Å². The van der Waals surface area contributed by atoms with E-state index in [0.29, 0.717) is 15.6 Å². The van der Waals surface area contributed by atoms with E-state index in [1.54, 1.807) is 6.07 Å². The van der Waals surface area contributed by atoms with Crippen LogP contribution in [0.5, 0.6) is 0 Å². The molecular weight excluding hydrogens is 379 g/mol. The number of halogens is 2. The second-order valence-electron chi connectivity index (χ2n) is 8.14. The first-order chi connectivity index (χ1) is 12.7. The number of carbonyl (C=O) groups is 1. The first-order valence-corrected chi connectivity index (χ1v) is 10.1. The fourth-order valence-corrected chi connectivity index (χ4v) is 4.05. The van der Waals surface area contributed by atoms with Gasteiger partial charge in [-0.1, -0.05) is 35.3 Å². The summed E-state index contributed by atoms with van der Waals surface area (Å²) in [6, 6.07) is 13.2. The van der Waals surface area contributed by atoms with Crippen molar-refractivity contribution in [3.8, 4) is 11.1 Å². The molecule has 0 unspecified atom stereocenters. The van der Waals surface area contributed by atoms with Gasteiger partial charge in [0, 0.05) is 40.3 Å². The van der Waals surface area contributed by atoms with Crippen LogP contribution in [0, 0.1) is 0 Å². The molecule has 1 heterocycles. The van der Waals surface area contributed by atoms with Gasteiger partial charge in [0.05, 0.1) is 0 Å². The van der Waals surface area contributed by atoms with Gasteiger partial charge in [0.15, 0.2) is 0 Å². The summed E-state index contributed by atoms with van der Waals surface area (Å²) in [5.74, 6) is -0.0285. The van der Waals surface area contributed by atoms with Crippen LogP contribution in [0.1, 0.15) is 44.0 Å². The summed E-state index contributed by atoms with van der Waals surface area (Å²) in [5, 5.41) is 4.35. The van der Waals surface area contributed by atoms with Gasteiger partial charge in [0.25, 0.3) is 5.91 Å². The monoisotopic (exact) mass is 404 g/mol. The molecule has 27 heavy (non-hydrogen) atoms. The van der Waals surface area contributed by atoms with E-state index in [1.165, 1.54) is 0 Å². The van der Waals surface area contributed by atoms with Crippen LogP contribution in [-0.4, -0.2) is 35.5 Å². The Kier molecular flexibility index (Phi) is 6.15. The molecule has 5 heteroatoms. The Bertz CT molecular complexity index is 801. The van der Waals surface area contributed by atoms with E-state index >= 15 is 0 Å². The number of nitrogens with one attached hydrogen (secondary N) is 1. The highest BCUT2D eigenvalue weighted by Gasteiger charge is 2.27. The highest BCUT2D eigenvalue weighted by Crippen LogP contribution is 2.28. The molecule has 0 spiro atoms. The third-order valence-corrected chi connectivity index (χ3v) is 5.54. The maximum Gasteiger partial charge on any atom is 0.251 e.